The summed E-state index contributed by atoms with van der Waals surface area (Å²) in [5.74, 6) is -3.18. The van der Waals surface area contributed by atoms with Crippen molar-refractivity contribution in [2.45, 2.75) is 24.5 Å². The summed E-state index contributed by atoms with van der Waals surface area (Å²) in [5, 5.41) is -0.378. The van der Waals surface area contributed by atoms with Crippen LogP contribution >= 0.6 is 11.6 Å². The van der Waals surface area contributed by atoms with E-state index < -0.39 is 15.8 Å². The fourth-order valence-electron chi connectivity index (χ4n) is 1.34. The van der Waals surface area contributed by atoms with Gasteiger partial charge in [-0.2, -0.15) is 13.1 Å². The third-order valence-electron chi connectivity index (χ3n) is 2.41. The van der Waals surface area contributed by atoms with Gasteiger partial charge in [-0.1, -0.05) is 6.92 Å². The molecule has 3 nitrogen and oxygen atoms in total. The number of sulfonamides is 1. The number of hydrogen-bond donors (Lipinski definition) is 0. The average Bonchev–Trinajstić information content (AvgIpc) is 2.09. The van der Waals surface area contributed by atoms with Crippen LogP contribution in [0.2, 0.25) is 0 Å². The smallest absolute Gasteiger partial charge is 0.206 e. The van der Waals surface area contributed by atoms with E-state index >= 15 is 0 Å². The van der Waals surface area contributed by atoms with Crippen molar-refractivity contribution in [3.63, 3.8) is 0 Å². The maximum absolute atomic E-state index is 12.1. The lowest BCUT2D eigenvalue weighted by Gasteiger charge is -2.32. The number of piperidine rings is 1. The Balaban J connectivity index is 2.73. The zero-order chi connectivity index (χ0) is 10.9. The van der Waals surface area contributed by atoms with Crippen molar-refractivity contribution in [3.05, 3.63) is 0 Å². The van der Waals surface area contributed by atoms with E-state index in [1.807, 2.05) is 6.92 Å². The van der Waals surface area contributed by atoms with Crippen LogP contribution in [0.15, 0.2) is 0 Å². The van der Waals surface area contributed by atoms with Crippen LogP contribution in [-0.4, -0.2) is 36.9 Å². The van der Waals surface area contributed by atoms with Gasteiger partial charge in [-0.25, -0.2) is 8.42 Å². The lowest BCUT2D eigenvalue weighted by atomic mass is 10.0. The number of hydrogen-bond acceptors (Lipinski definition) is 2. The molecule has 0 amide bonds. The van der Waals surface area contributed by atoms with Gasteiger partial charge in [0.05, 0.1) is 0 Å². The molecule has 7 heteroatoms. The molecule has 1 aliphatic rings. The van der Waals surface area contributed by atoms with E-state index in [0.29, 0.717) is 6.42 Å². The Bertz CT molecular complexity index is 296. The van der Waals surface area contributed by atoms with Crippen LogP contribution in [0.3, 0.4) is 0 Å². The lowest BCUT2D eigenvalue weighted by Crippen LogP contribution is -2.45. The van der Waals surface area contributed by atoms with E-state index in [1.54, 1.807) is 0 Å². The van der Waals surface area contributed by atoms with E-state index in [0.717, 1.165) is 4.31 Å². The minimum absolute atomic E-state index is 0.0185. The predicted octanol–water partition coefficient (Wildman–Crippen LogP) is 1.49. The summed E-state index contributed by atoms with van der Waals surface area (Å²) in [6.07, 6.45) is 0.528. The molecule has 14 heavy (non-hydrogen) atoms. The van der Waals surface area contributed by atoms with Crippen LogP contribution in [0.25, 0.3) is 0 Å². The standard InChI is InChI=1S/C7H12ClF2NO2S/c1-5-2-3-11(4-6(5)8)14(12,13)7(9)10/h5-7H,2-4H2,1H3. The van der Waals surface area contributed by atoms with Gasteiger partial charge in [0.2, 0.25) is 0 Å². The van der Waals surface area contributed by atoms with Gasteiger partial charge in [0.25, 0.3) is 10.0 Å². The zero-order valence-corrected chi connectivity index (χ0v) is 9.23. The molecule has 1 heterocycles. The highest BCUT2D eigenvalue weighted by atomic mass is 35.5. The van der Waals surface area contributed by atoms with Crippen molar-refractivity contribution in [2.24, 2.45) is 5.92 Å². The summed E-state index contributed by atoms with van der Waals surface area (Å²) in [6, 6.07) is 0. The summed E-state index contributed by atoms with van der Waals surface area (Å²) in [5.41, 5.74) is 0. The molecule has 0 radical (unpaired) electrons. The molecule has 0 aliphatic carbocycles. The first-order valence-corrected chi connectivity index (χ1v) is 6.21. The van der Waals surface area contributed by atoms with Crippen LogP contribution in [0.4, 0.5) is 8.78 Å². The second-order valence-electron chi connectivity index (χ2n) is 3.45. The molecule has 0 aromatic heterocycles. The quantitative estimate of drug-likeness (QED) is 0.694. The first kappa shape index (κ1) is 12.1. The molecule has 1 saturated heterocycles. The summed E-state index contributed by atoms with van der Waals surface area (Å²) in [6.45, 7) is 2.00. The van der Waals surface area contributed by atoms with Crippen molar-refractivity contribution < 1.29 is 17.2 Å². The Labute approximate surface area is 87.1 Å². The van der Waals surface area contributed by atoms with Gasteiger partial charge in [-0.15, -0.1) is 11.6 Å². The topological polar surface area (TPSA) is 37.4 Å². The number of halogens is 3. The van der Waals surface area contributed by atoms with Gasteiger partial charge in [0.15, 0.2) is 0 Å². The van der Waals surface area contributed by atoms with Crippen molar-refractivity contribution in [2.75, 3.05) is 13.1 Å². The minimum Gasteiger partial charge on any atom is -0.206 e. The zero-order valence-electron chi connectivity index (χ0n) is 7.66. The van der Waals surface area contributed by atoms with Gasteiger partial charge < -0.3 is 0 Å². The first-order valence-electron chi connectivity index (χ1n) is 4.27. The highest BCUT2D eigenvalue weighted by Gasteiger charge is 2.37. The maximum atomic E-state index is 12.1. The fraction of sp³-hybridized carbons (Fsp3) is 1.00. The summed E-state index contributed by atoms with van der Waals surface area (Å²) < 4.78 is 47.2. The van der Waals surface area contributed by atoms with E-state index in [-0.39, 0.29) is 24.4 Å². The molecule has 0 aromatic carbocycles. The molecule has 0 aromatic rings. The first-order chi connectivity index (χ1) is 6.35. The summed E-state index contributed by atoms with van der Waals surface area (Å²) in [7, 11) is -4.44. The van der Waals surface area contributed by atoms with Crippen LogP contribution in [0.5, 0.6) is 0 Å². The van der Waals surface area contributed by atoms with Crippen molar-refractivity contribution in [1.29, 1.82) is 0 Å². The molecule has 0 saturated carbocycles. The molecule has 84 valence electrons. The molecule has 1 fully saturated rings. The van der Waals surface area contributed by atoms with Gasteiger partial charge in [0.1, 0.15) is 0 Å². The Morgan fingerprint density at radius 2 is 2.07 bits per heavy atom. The third-order valence-corrected chi connectivity index (χ3v) is 4.48. The normalized spacial score (nSPS) is 30.9. The Kier molecular flexibility index (Phi) is 3.71. The average molecular weight is 248 g/mol. The van der Waals surface area contributed by atoms with Gasteiger partial charge in [0, 0.05) is 18.5 Å². The highest BCUT2D eigenvalue weighted by molar-refractivity contribution is 7.89. The second-order valence-corrected chi connectivity index (χ2v) is 5.91. The largest absolute Gasteiger partial charge is 0.350 e. The molecule has 0 N–H and O–H groups in total. The Hall–Kier alpha value is 0.0600. The Morgan fingerprint density at radius 3 is 2.50 bits per heavy atom. The molecule has 2 unspecified atom stereocenters. The van der Waals surface area contributed by atoms with Crippen LogP contribution in [0, 0.1) is 5.92 Å². The fourth-order valence-corrected chi connectivity index (χ4v) is 2.67. The molecule has 0 spiro atoms. The highest BCUT2D eigenvalue weighted by Crippen LogP contribution is 2.25. The maximum Gasteiger partial charge on any atom is 0.350 e. The number of rotatable bonds is 2. The van der Waals surface area contributed by atoms with Gasteiger partial charge in [-0.3, -0.25) is 0 Å². The summed E-state index contributed by atoms with van der Waals surface area (Å²) in [4.78, 5) is 0. The molecule has 1 rings (SSSR count). The van der Waals surface area contributed by atoms with Crippen LogP contribution in [-0.2, 0) is 10.0 Å². The molecule has 0 bridgehead atoms. The van der Waals surface area contributed by atoms with Gasteiger partial charge >= 0.3 is 5.76 Å². The van der Waals surface area contributed by atoms with E-state index in [9.17, 15) is 17.2 Å². The Morgan fingerprint density at radius 1 is 1.50 bits per heavy atom. The minimum atomic E-state index is -4.44. The monoisotopic (exact) mass is 247 g/mol. The van der Waals surface area contributed by atoms with Gasteiger partial charge in [-0.05, 0) is 12.3 Å². The van der Waals surface area contributed by atoms with Crippen molar-refractivity contribution >= 4 is 21.6 Å². The second kappa shape index (κ2) is 4.28. The lowest BCUT2D eigenvalue weighted by molar-refractivity contribution is 0.207. The SMILES string of the molecule is CC1CCN(S(=O)(=O)C(F)F)CC1Cl. The molecular weight excluding hydrogens is 236 g/mol. The summed E-state index contributed by atoms with van der Waals surface area (Å²) >= 11 is 5.82. The van der Waals surface area contributed by atoms with E-state index in [2.05, 4.69) is 0 Å². The third kappa shape index (κ3) is 2.35. The number of nitrogens with zero attached hydrogens (tertiary/aromatic N) is 1. The van der Waals surface area contributed by atoms with E-state index in [1.165, 1.54) is 0 Å². The van der Waals surface area contributed by atoms with Crippen LogP contribution in [0.1, 0.15) is 13.3 Å². The number of alkyl halides is 3. The van der Waals surface area contributed by atoms with Crippen LogP contribution < -0.4 is 0 Å². The molecule has 1 aliphatic heterocycles. The van der Waals surface area contributed by atoms with E-state index in [4.69, 9.17) is 11.6 Å². The molecular formula is C7H12ClF2NO2S. The molecule has 2 atom stereocenters. The van der Waals surface area contributed by atoms with Crippen molar-refractivity contribution in [1.82, 2.24) is 4.31 Å². The predicted molar refractivity (Wildman–Crippen MR) is 49.9 cm³/mol. The van der Waals surface area contributed by atoms with Crippen molar-refractivity contribution in [3.8, 4) is 0 Å².